The molecule has 1 aliphatic rings. The summed E-state index contributed by atoms with van der Waals surface area (Å²) in [6.45, 7) is 3.01. The van der Waals surface area contributed by atoms with E-state index in [-0.39, 0.29) is 17.5 Å². The zero-order valence-corrected chi connectivity index (χ0v) is 15.1. The van der Waals surface area contributed by atoms with E-state index in [0.717, 1.165) is 18.4 Å². The molecular weight excluding hydrogens is 356 g/mol. The lowest BCUT2D eigenvalue weighted by Gasteiger charge is -2.33. The highest BCUT2D eigenvalue weighted by Gasteiger charge is 2.29. The van der Waals surface area contributed by atoms with Crippen LogP contribution in [0.5, 0.6) is 0 Å². The van der Waals surface area contributed by atoms with E-state index < -0.39 is 4.92 Å². The summed E-state index contributed by atoms with van der Waals surface area (Å²) in [5, 5.41) is 14.5. The van der Waals surface area contributed by atoms with Gasteiger partial charge in [0, 0.05) is 30.4 Å². The lowest BCUT2D eigenvalue weighted by atomic mass is 9.96. The molecule has 8 heteroatoms. The fourth-order valence-electron chi connectivity index (χ4n) is 3.09. The van der Waals surface area contributed by atoms with Crippen LogP contribution in [0.1, 0.15) is 18.4 Å². The molecule has 0 spiro atoms. The number of carbonyl (C=O) groups excluding carboxylic acids is 1. The number of hydrogen-bond donors (Lipinski definition) is 1. The summed E-state index contributed by atoms with van der Waals surface area (Å²) >= 11 is 5.89. The van der Waals surface area contributed by atoms with E-state index >= 15 is 0 Å². The SMILES string of the molecule is Cc1ccc(NC(=O)C2CCCN(c3ccc(Cl)cc3[N+](=O)[O-])C2)nc1. The molecule has 2 heterocycles. The molecule has 1 fully saturated rings. The van der Waals surface area contributed by atoms with Gasteiger partial charge < -0.3 is 10.2 Å². The Labute approximate surface area is 156 Å². The number of halogens is 1. The van der Waals surface area contributed by atoms with E-state index in [1.165, 1.54) is 6.07 Å². The Morgan fingerprint density at radius 2 is 2.19 bits per heavy atom. The van der Waals surface area contributed by atoms with Crippen LogP contribution in [0.3, 0.4) is 0 Å². The van der Waals surface area contributed by atoms with Crippen molar-refractivity contribution < 1.29 is 9.72 Å². The van der Waals surface area contributed by atoms with Crippen molar-refractivity contribution in [2.24, 2.45) is 5.92 Å². The number of nitrogens with zero attached hydrogens (tertiary/aromatic N) is 3. The van der Waals surface area contributed by atoms with E-state index in [9.17, 15) is 14.9 Å². The first kappa shape index (κ1) is 18.1. The number of aromatic nitrogens is 1. The highest BCUT2D eigenvalue weighted by molar-refractivity contribution is 6.30. The average molecular weight is 375 g/mol. The summed E-state index contributed by atoms with van der Waals surface area (Å²) in [7, 11) is 0. The number of hydrogen-bond acceptors (Lipinski definition) is 5. The summed E-state index contributed by atoms with van der Waals surface area (Å²) in [6.07, 6.45) is 3.20. The van der Waals surface area contributed by atoms with E-state index in [0.29, 0.717) is 29.6 Å². The molecule has 1 saturated heterocycles. The monoisotopic (exact) mass is 374 g/mol. The Kier molecular flexibility index (Phi) is 5.37. The highest BCUT2D eigenvalue weighted by atomic mass is 35.5. The summed E-state index contributed by atoms with van der Waals surface area (Å²) in [5.41, 5.74) is 1.46. The third kappa shape index (κ3) is 4.11. The molecule has 136 valence electrons. The van der Waals surface area contributed by atoms with Crippen LogP contribution in [0.2, 0.25) is 5.02 Å². The number of nitrogens with one attached hydrogen (secondary N) is 1. The second-order valence-electron chi connectivity index (χ2n) is 6.39. The predicted molar refractivity (Wildman–Crippen MR) is 101 cm³/mol. The van der Waals surface area contributed by atoms with Gasteiger partial charge in [0.25, 0.3) is 5.69 Å². The van der Waals surface area contributed by atoms with Gasteiger partial charge in [-0.1, -0.05) is 17.7 Å². The molecule has 3 rings (SSSR count). The van der Waals surface area contributed by atoms with E-state index in [1.807, 2.05) is 17.9 Å². The highest BCUT2D eigenvalue weighted by Crippen LogP contribution is 2.33. The molecule has 1 amide bonds. The largest absolute Gasteiger partial charge is 0.365 e. The Balaban J connectivity index is 1.74. The molecule has 1 aromatic carbocycles. The van der Waals surface area contributed by atoms with Crippen LogP contribution in [-0.2, 0) is 4.79 Å². The van der Waals surface area contributed by atoms with Crippen LogP contribution in [0.4, 0.5) is 17.2 Å². The molecule has 1 unspecified atom stereocenters. The van der Waals surface area contributed by atoms with Crippen molar-refractivity contribution in [3.05, 3.63) is 57.2 Å². The van der Waals surface area contributed by atoms with Gasteiger partial charge in [-0.25, -0.2) is 4.98 Å². The van der Waals surface area contributed by atoms with Crippen molar-refractivity contribution in [1.29, 1.82) is 0 Å². The predicted octanol–water partition coefficient (Wildman–Crippen LogP) is 3.81. The topological polar surface area (TPSA) is 88.4 Å². The minimum absolute atomic E-state index is 0.0428. The third-order valence-corrected chi connectivity index (χ3v) is 4.66. The van der Waals surface area contributed by atoms with Crippen molar-refractivity contribution in [2.75, 3.05) is 23.3 Å². The van der Waals surface area contributed by atoms with Crippen molar-refractivity contribution in [2.45, 2.75) is 19.8 Å². The van der Waals surface area contributed by atoms with Crippen LogP contribution in [0.25, 0.3) is 0 Å². The standard InChI is InChI=1S/C18H19ClN4O3/c1-12-4-7-17(20-10-12)21-18(24)13-3-2-8-22(11-13)15-6-5-14(19)9-16(15)23(25)26/h4-7,9-10,13H,2-3,8,11H2,1H3,(H,20,21,24). The number of piperidine rings is 1. The zero-order valence-electron chi connectivity index (χ0n) is 14.3. The van der Waals surface area contributed by atoms with Crippen molar-refractivity contribution in [1.82, 2.24) is 4.98 Å². The fraction of sp³-hybridized carbons (Fsp3) is 0.333. The maximum Gasteiger partial charge on any atom is 0.294 e. The first-order valence-corrected chi connectivity index (χ1v) is 8.74. The Morgan fingerprint density at radius 1 is 1.38 bits per heavy atom. The molecule has 26 heavy (non-hydrogen) atoms. The minimum Gasteiger partial charge on any atom is -0.365 e. The van der Waals surface area contributed by atoms with Crippen LogP contribution in [-0.4, -0.2) is 28.9 Å². The molecule has 0 radical (unpaired) electrons. The molecule has 0 bridgehead atoms. The summed E-state index contributed by atoms with van der Waals surface area (Å²) in [5.74, 6) is 0.125. The van der Waals surface area contributed by atoms with E-state index in [1.54, 1.807) is 24.4 Å². The summed E-state index contributed by atoms with van der Waals surface area (Å²) in [4.78, 5) is 29.5. The van der Waals surface area contributed by atoms with Crippen LogP contribution in [0, 0.1) is 23.0 Å². The normalized spacial score (nSPS) is 17.0. The maximum atomic E-state index is 12.6. The number of rotatable bonds is 4. The number of benzene rings is 1. The second kappa shape index (κ2) is 7.70. The maximum absolute atomic E-state index is 12.6. The molecule has 1 aliphatic heterocycles. The minimum atomic E-state index is -0.443. The van der Waals surface area contributed by atoms with Crippen molar-refractivity contribution >= 4 is 34.7 Å². The fourth-order valence-corrected chi connectivity index (χ4v) is 3.26. The second-order valence-corrected chi connectivity index (χ2v) is 6.82. The van der Waals surface area contributed by atoms with Crippen molar-refractivity contribution in [3.63, 3.8) is 0 Å². The van der Waals surface area contributed by atoms with Crippen molar-refractivity contribution in [3.8, 4) is 0 Å². The first-order valence-electron chi connectivity index (χ1n) is 8.36. The molecular formula is C18H19ClN4O3. The molecule has 2 aromatic rings. The first-order chi connectivity index (χ1) is 12.4. The van der Waals surface area contributed by atoms with E-state index in [2.05, 4.69) is 10.3 Å². The molecule has 1 atom stereocenters. The van der Waals surface area contributed by atoms with Gasteiger partial charge in [0.2, 0.25) is 5.91 Å². The number of anilines is 2. The Morgan fingerprint density at radius 3 is 2.88 bits per heavy atom. The lowest BCUT2D eigenvalue weighted by Crippen LogP contribution is -2.41. The Hall–Kier alpha value is -2.67. The molecule has 0 saturated carbocycles. The number of carbonyl (C=O) groups is 1. The molecule has 1 N–H and O–H groups in total. The van der Waals surface area contributed by atoms with Gasteiger partial charge in [0.05, 0.1) is 10.8 Å². The molecule has 1 aromatic heterocycles. The number of amides is 1. The lowest BCUT2D eigenvalue weighted by molar-refractivity contribution is -0.384. The smallest absolute Gasteiger partial charge is 0.294 e. The van der Waals surface area contributed by atoms with Gasteiger partial charge in [0.15, 0.2) is 0 Å². The number of nitro benzene ring substituents is 1. The third-order valence-electron chi connectivity index (χ3n) is 4.43. The van der Waals surface area contributed by atoms with Gasteiger partial charge in [-0.3, -0.25) is 14.9 Å². The van der Waals surface area contributed by atoms with E-state index in [4.69, 9.17) is 11.6 Å². The Bertz CT molecular complexity index is 826. The van der Waals surface area contributed by atoms with Crippen LogP contribution < -0.4 is 10.2 Å². The van der Waals surface area contributed by atoms with Gasteiger partial charge >= 0.3 is 0 Å². The van der Waals surface area contributed by atoms with Crippen LogP contribution >= 0.6 is 11.6 Å². The van der Waals surface area contributed by atoms with Gasteiger partial charge in [-0.05, 0) is 43.5 Å². The number of aryl methyl sites for hydroxylation is 1. The molecule has 7 nitrogen and oxygen atoms in total. The quantitative estimate of drug-likeness (QED) is 0.649. The average Bonchev–Trinajstić information content (AvgIpc) is 2.63. The number of pyridine rings is 1. The van der Waals surface area contributed by atoms with Gasteiger partial charge in [-0.2, -0.15) is 0 Å². The van der Waals surface area contributed by atoms with Gasteiger partial charge in [0.1, 0.15) is 11.5 Å². The number of nitro groups is 1. The van der Waals surface area contributed by atoms with Crippen LogP contribution in [0.15, 0.2) is 36.5 Å². The zero-order chi connectivity index (χ0) is 18.7. The summed E-state index contributed by atoms with van der Waals surface area (Å²) < 4.78 is 0. The molecule has 0 aliphatic carbocycles. The van der Waals surface area contributed by atoms with Gasteiger partial charge in [-0.15, -0.1) is 0 Å². The summed E-state index contributed by atoms with van der Waals surface area (Å²) in [6, 6.07) is 8.26.